The van der Waals surface area contributed by atoms with E-state index in [0.29, 0.717) is 6.54 Å². The Morgan fingerprint density at radius 1 is 1.03 bits per heavy atom. The van der Waals surface area contributed by atoms with Gasteiger partial charge in [-0.2, -0.15) is 0 Å². The monoisotopic (exact) mass is 416 g/mol. The van der Waals surface area contributed by atoms with Gasteiger partial charge in [0.1, 0.15) is 5.60 Å². The van der Waals surface area contributed by atoms with E-state index in [0.717, 1.165) is 58.3 Å². The fourth-order valence-corrected chi connectivity index (χ4v) is 4.88. The van der Waals surface area contributed by atoms with Gasteiger partial charge in [0.05, 0.1) is 11.2 Å². The first-order chi connectivity index (χ1) is 14.1. The van der Waals surface area contributed by atoms with Gasteiger partial charge < -0.3 is 14.4 Å². The van der Waals surface area contributed by atoms with E-state index in [1.54, 1.807) is 0 Å². The van der Waals surface area contributed by atoms with E-state index < -0.39 is 5.60 Å². The second-order valence-electron chi connectivity index (χ2n) is 10.7. The first-order valence-electron chi connectivity index (χ1n) is 11.5. The van der Waals surface area contributed by atoms with Gasteiger partial charge >= 0.3 is 6.09 Å². The molecule has 30 heavy (non-hydrogen) atoms. The summed E-state index contributed by atoms with van der Waals surface area (Å²) in [5, 5.41) is 0. The van der Waals surface area contributed by atoms with Crippen LogP contribution in [0.15, 0.2) is 30.3 Å². The van der Waals surface area contributed by atoms with Crippen LogP contribution in [-0.2, 0) is 16.0 Å². The number of ether oxygens (including phenoxy) is 2. The number of benzene rings is 1. The van der Waals surface area contributed by atoms with E-state index >= 15 is 0 Å². The van der Waals surface area contributed by atoms with E-state index in [2.05, 4.69) is 49.1 Å². The van der Waals surface area contributed by atoms with E-state index in [1.165, 1.54) is 5.56 Å². The highest BCUT2D eigenvalue weighted by Crippen LogP contribution is 2.37. The minimum Gasteiger partial charge on any atom is -0.444 e. The molecule has 1 aromatic rings. The highest BCUT2D eigenvalue weighted by atomic mass is 16.6. The Bertz CT molecular complexity index is 698. The molecule has 0 bridgehead atoms. The summed E-state index contributed by atoms with van der Waals surface area (Å²) < 4.78 is 12.4. The molecule has 0 N–H and O–H groups in total. The molecular formula is C25H40N2O3. The number of morpholine rings is 1. The molecule has 1 unspecified atom stereocenters. The zero-order chi connectivity index (χ0) is 21.8. The van der Waals surface area contributed by atoms with Gasteiger partial charge in [-0.25, -0.2) is 4.79 Å². The molecule has 3 rings (SSSR count). The Balaban J connectivity index is 1.74. The van der Waals surface area contributed by atoms with Gasteiger partial charge in [-0.1, -0.05) is 43.2 Å². The highest BCUT2D eigenvalue weighted by Gasteiger charge is 2.44. The summed E-state index contributed by atoms with van der Waals surface area (Å²) in [5.74, 6) is 0. The van der Waals surface area contributed by atoms with Crippen LogP contribution in [0.25, 0.3) is 0 Å². The summed E-state index contributed by atoms with van der Waals surface area (Å²) >= 11 is 0. The maximum atomic E-state index is 12.7. The summed E-state index contributed by atoms with van der Waals surface area (Å²) in [4.78, 5) is 17.2. The fourth-order valence-electron chi connectivity index (χ4n) is 4.88. The molecule has 168 valence electrons. The minimum absolute atomic E-state index is 0.198. The number of rotatable bonds is 2. The molecule has 2 aliphatic heterocycles. The molecule has 2 saturated heterocycles. The lowest BCUT2D eigenvalue weighted by atomic mass is 9.87. The summed E-state index contributed by atoms with van der Waals surface area (Å²) in [7, 11) is 0. The number of nitrogens with zero attached hydrogens (tertiary/aromatic N) is 2. The van der Waals surface area contributed by atoms with E-state index in [1.807, 2.05) is 25.7 Å². The Morgan fingerprint density at radius 2 is 1.77 bits per heavy atom. The molecule has 2 heterocycles. The molecule has 0 saturated carbocycles. The smallest absolute Gasteiger partial charge is 0.410 e. The van der Waals surface area contributed by atoms with Gasteiger partial charge in [-0.3, -0.25) is 4.90 Å². The van der Waals surface area contributed by atoms with Crippen LogP contribution in [0.1, 0.15) is 72.3 Å². The normalized spacial score (nSPS) is 26.0. The Labute approximate surface area is 182 Å². The number of hydrogen-bond donors (Lipinski definition) is 0. The van der Waals surface area contributed by atoms with Crippen LogP contribution >= 0.6 is 0 Å². The molecule has 2 aliphatic rings. The number of hydrogen-bond acceptors (Lipinski definition) is 4. The van der Waals surface area contributed by atoms with Crippen molar-refractivity contribution in [2.24, 2.45) is 0 Å². The van der Waals surface area contributed by atoms with Crippen molar-refractivity contribution < 1.29 is 14.3 Å². The second kappa shape index (κ2) is 9.27. The lowest BCUT2D eigenvalue weighted by Gasteiger charge is -2.51. The average molecular weight is 417 g/mol. The topological polar surface area (TPSA) is 42.0 Å². The van der Waals surface area contributed by atoms with Gasteiger partial charge in [-0.15, -0.1) is 0 Å². The third kappa shape index (κ3) is 6.71. The van der Waals surface area contributed by atoms with Crippen molar-refractivity contribution in [1.82, 2.24) is 9.80 Å². The van der Waals surface area contributed by atoms with Crippen LogP contribution in [0, 0.1) is 0 Å². The van der Waals surface area contributed by atoms with E-state index in [4.69, 9.17) is 9.47 Å². The van der Waals surface area contributed by atoms with Gasteiger partial charge in [0.25, 0.3) is 0 Å². The summed E-state index contributed by atoms with van der Waals surface area (Å²) in [6.07, 6.45) is 4.97. The van der Waals surface area contributed by atoms with Crippen molar-refractivity contribution in [1.29, 1.82) is 0 Å². The van der Waals surface area contributed by atoms with Crippen LogP contribution in [0.2, 0.25) is 0 Å². The Kier molecular flexibility index (Phi) is 7.13. The van der Waals surface area contributed by atoms with Gasteiger partial charge in [-0.05, 0) is 59.4 Å². The molecule has 1 atom stereocenters. The molecule has 0 aromatic heterocycles. The molecule has 2 fully saturated rings. The lowest BCUT2D eigenvalue weighted by molar-refractivity contribution is -0.205. The summed E-state index contributed by atoms with van der Waals surface area (Å²) in [6, 6.07) is 10.7. The highest BCUT2D eigenvalue weighted by molar-refractivity contribution is 5.68. The second-order valence-corrected chi connectivity index (χ2v) is 10.7. The Morgan fingerprint density at radius 3 is 2.47 bits per heavy atom. The van der Waals surface area contributed by atoms with Crippen LogP contribution in [-0.4, -0.2) is 58.9 Å². The molecule has 1 amide bonds. The maximum Gasteiger partial charge on any atom is 0.410 e. The first-order valence-corrected chi connectivity index (χ1v) is 11.5. The molecule has 5 nitrogen and oxygen atoms in total. The average Bonchev–Trinajstić information content (AvgIpc) is 2.71. The fraction of sp³-hybridized carbons (Fsp3) is 0.720. The number of carbonyl (C=O) groups is 1. The zero-order valence-corrected chi connectivity index (χ0v) is 19.6. The Hall–Kier alpha value is -1.59. The maximum absolute atomic E-state index is 12.7. The van der Waals surface area contributed by atoms with Crippen LogP contribution in [0.5, 0.6) is 0 Å². The van der Waals surface area contributed by atoms with Crippen LogP contribution in [0.4, 0.5) is 4.79 Å². The van der Waals surface area contributed by atoms with Crippen molar-refractivity contribution in [2.75, 3.05) is 26.2 Å². The van der Waals surface area contributed by atoms with Crippen LogP contribution in [0.3, 0.4) is 0 Å². The van der Waals surface area contributed by atoms with Gasteiger partial charge in [0.2, 0.25) is 0 Å². The third-order valence-electron chi connectivity index (χ3n) is 5.91. The van der Waals surface area contributed by atoms with Crippen LogP contribution < -0.4 is 0 Å². The first kappa shape index (κ1) is 23.1. The van der Waals surface area contributed by atoms with Gasteiger partial charge in [0, 0.05) is 32.7 Å². The number of amides is 1. The summed E-state index contributed by atoms with van der Waals surface area (Å²) in [6.45, 7) is 14.4. The summed E-state index contributed by atoms with van der Waals surface area (Å²) in [5.41, 5.74) is 0.436. The SMILES string of the molecule is CC(C)(C)OC(=O)N1CCCCCC2(CC1)CN(Cc1ccccc1)CC(C)(C)O2. The van der Waals surface area contributed by atoms with Crippen molar-refractivity contribution in [3.05, 3.63) is 35.9 Å². The molecule has 0 radical (unpaired) electrons. The molecular weight excluding hydrogens is 376 g/mol. The van der Waals surface area contributed by atoms with Crippen molar-refractivity contribution in [3.63, 3.8) is 0 Å². The largest absolute Gasteiger partial charge is 0.444 e. The molecule has 1 spiro atoms. The predicted molar refractivity (Wildman–Crippen MR) is 121 cm³/mol. The molecule has 1 aromatic carbocycles. The van der Waals surface area contributed by atoms with E-state index in [-0.39, 0.29) is 17.3 Å². The van der Waals surface area contributed by atoms with Crippen molar-refractivity contribution in [3.8, 4) is 0 Å². The predicted octanol–water partition coefficient (Wildman–Crippen LogP) is 5.24. The van der Waals surface area contributed by atoms with E-state index in [9.17, 15) is 4.79 Å². The van der Waals surface area contributed by atoms with Crippen molar-refractivity contribution in [2.45, 2.75) is 90.1 Å². The third-order valence-corrected chi connectivity index (χ3v) is 5.91. The minimum atomic E-state index is -0.469. The van der Waals surface area contributed by atoms with Crippen molar-refractivity contribution >= 4 is 6.09 Å². The standard InChI is InChI=1S/C25H40N2O3/c1-23(2,3)29-22(28)27-16-11-7-10-14-25(15-17-27)20-26(19-24(4,5)30-25)18-21-12-8-6-9-13-21/h6,8-9,12-13H,7,10-11,14-20H2,1-5H3. The van der Waals surface area contributed by atoms with Gasteiger partial charge in [0.15, 0.2) is 0 Å². The number of carbonyl (C=O) groups excluding carboxylic acids is 1. The zero-order valence-electron chi connectivity index (χ0n) is 19.6. The quantitative estimate of drug-likeness (QED) is 0.661. The molecule has 5 heteroatoms. The lowest BCUT2D eigenvalue weighted by Crippen LogP contribution is -2.60. The molecule has 0 aliphatic carbocycles.